The van der Waals surface area contributed by atoms with Crippen LogP contribution in [-0.4, -0.2) is 12.6 Å². The van der Waals surface area contributed by atoms with Gasteiger partial charge >= 0.3 is 112 Å². The first-order valence-electron chi connectivity index (χ1n) is 8.06. The van der Waals surface area contributed by atoms with Gasteiger partial charge in [0.1, 0.15) is 0 Å². The molecule has 0 saturated heterocycles. The van der Waals surface area contributed by atoms with Crippen molar-refractivity contribution in [2.45, 2.75) is 48.2 Å². The first-order chi connectivity index (χ1) is 7.69. The van der Waals surface area contributed by atoms with Gasteiger partial charge in [0.05, 0.1) is 0 Å². The average Bonchev–Trinajstić information content (AvgIpc) is 2.74. The predicted octanol–water partition coefficient (Wildman–Crippen LogP) is 6.16. The summed E-state index contributed by atoms with van der Waals surface area (Å²) in [6.07, 6.45) is 4.01. The summed E-state index contributed by atoms with van der Waals surface area (Å²) < 4.78 is 2.82. The van der Waals surface area contributed by atoms with Crippen LogP contribution >= 0.6 is 24.8 Å². The molecule has 0 unspecified atom stereocenters. The van der Waals surface area contributed by atoms with Gasteiger partial charge in [0.2, 0.25) is 0 Å². The predicted molar refractivity (Wildman–Crippen MR) is 112 cm³/mol. The molecule has 0 atom stereocenters. The summed E-state index contributed by atoms with van der Waals surface area (Å²) in [5, 5.41) is 20.3. The van der Waals surface area contributed by atoms with Crippen LogP contribution in [0.4, 0.5) is 0 Å². The SMILES string of the molecule is Cl.Cl.[CH3][Ti]([CH3])([CH3])([CH3])([CH3])([CH3])([CH3])([CH3])(=[SiH2])([C]1=CC=CC1)[c]1ccc[nH]1. The van der Waals surface area contributed by atoms with Crippen molar-refractivity contribution in [1.82, 2.24) is 4.98 Å². The molecule has 0 radical (unpaired) electrons. The zero-order chi connectivity index (χ0) is 16.1. The van der Waals surface area contributed by atoms with E-state index in [2.05, 4.69) is 91.0 Å². The number of aromatic amines is 1. The molecule has 0 aromatic carbocycles. The van der Waals surface area contributed by atoms with Gasteiger partial charge in [-0.25, -0.2) is 0 Å². The molecule has 0 aliphatic heterocycles. The van der Waals surface area contributed by atoms with Gasteiger partial charge in [0, 0.05) is 0 Å². The summed E-state index contributed by atoms with van der Waals surface area (Å²) in [4.78, 5) is 3.63. The molecule has 1 aromatic heterocycles. The standard InChI is InChI=1S/C5H5.C4H4N.8CH3.2ClH.H2Si.Ti/c2*1-2-4-5-3-1;;;;;;;;;;;;/h1-3H,4H2;1-3,5H;8*1H3;2*1H;1H2;. The van der Waals surface area contributed by atoms with E-state index in [1.165, 1.54) is 7.88 Å². The van der Waals surface area contributed by atoms with Crippen molar-refractivity contribution in [3.05, 3.63) is 40.4 Å². The third-order valence-electron chi connectivity index (χ3n) is 6.81. The van der Waals surface area contributed by atoms with Gasteiger partial charge in [0.15, 0.2) is 0 Å². The van der Waals surface area contributed by atoms with Crippen molar-refractivity contribution in [3.8, 4) is 0 Å². The maximum absolute atomic E-state index is 5.89. The Bertz CT molecular complexity index is 1010. The number of allylic oxidation sites excluding steroid dienone is 4. The van der Waals surface area contributed by atoms with Crippen LogP contribution in [0.25, 0.3) is 0 Å². The molecule has 1 aliphatic carbocycles. The Labute approximate surface area is 135 Å². The van der Waals surface area contributed by atoms with Crippen molar-refractivity contribution < 1.29 is 6.35 Å². The molecule has 1 aliphatic rings. The number of aromatic nitrogens is 1. The zero-order valence-corrected chi connectivity index (χ0v) is 20.3. The molecule has 132 valence electrons. The Hall–Kier alpha value is 0.271. The molecule has 0 bridgehead atoms. The fourth-order valence-corrected chi connectivity index (χ4v) is 17.0. The van der Waals surface area contributed by atoms with Crippen molar-refractivity contribution in [2.24, 2.45) is 0 Å². The fourth-order valence-electron chi connectivity index (χ4n) is 4.09. The van der Waals surface area contributed by atoms with Gasteiger partial charge in [-0.1, -0.05) is 0 Å². The first-order valence-corrected chi connectivity index (χ1v) is 26.1. The Kier molecular flexibility index (Phi) is 1.84. The fraction of sp³-hybridized carbons (Fsp3) is 0.529. The van der Waals surface area contributed by atoms with E-state index in [1.807, 2.05) is 0 Å². The molecule has 22 heavy (non-hydrogen) atoms. The van der Waals surface area contributed by atoms with Gasteiger partial charge in [-0.15, -0.1) is 24.8 Å². The summed E-state index contributed by atoms with van der Waals surface area (Å²) in [6, 6.07) is 4.40. The van der Waals surface area contributed by atoms with E-state index >= 15 is 0 Å². The number of H-pyrrole nitrogens is 1. The maximum atomic E-state index is 3.63. The van der Waals surface area contributed by atoms with Crippen molar-refractivity contribution in [1.29, 1.82) is 0 Å². The molecule has 1 N–H and O–H groups in total. The van der Waals surface area contributed by atoms with Crippen LogP contribution < -0.4 is 4.00 Å². The summed E-state index contributed by atoms with van der Waals surface area (Å²) in [5.41, 5.74) is 0. The van der Waals surface area contributed by atoms with Crippen LogP contribution in [0.1, 0.15) is 6.42 Å². The normalized spacial score (nSPS) is 30.4. The summed E-state index contributed by atoms with van der Waals surface area (Å²) in [7, 11) is 2.22. The topological polar surface area (TPSA) is 15.8 Å². The number of halogens is 2. The molecule has 1 nitrogen and oxygen atoms in total. The second kappa shape index (κ2) is 1.82. The molecule has 0 saturated carbocycles. The number of rotatable bonds is 2. The number of hydrogen-bond donors (Lipinski definition) is 1. The van der Waals surface area contributed by atoms with Crippen LogP contribution in [0.3, 0.4) is 0 Å². The minimum atomic E-state index is -5.89. The molecule has 2 rings (SSSR count). The summed E-state index contributed by atoms with van der Waals surface area (Å²) in [5.74, 6) is 0. The molecular weight excluding hydrogens is 365 g/mol. The first kappa shape index (κ1) is 22.3. The van der Waals surface area contributed by atoms with Gasteiger partial charge < -0.3 is 0 Å². The van der Waals surface area contributed by atoms with Crippen LogP contribution in [0.5, 0.6) is 0 Å². The Balaban J connectivity index is 0.00000220. The Morgan fingerprint density at radius 2 is 1.45 bits per heavy atom. The quantitative estimate of drug-likeness (QED) is 0.570. The van der Waals surface area contributed by atoms with Gasteiger partial charge in [-0.05, 0) is 0 Å². The molecular formula is C17H37Cl2NSiTi. The molecule has 0 fully saturated rings. The second-order valence-corrected chi connectivity index (χ2v) is 118. The average molecular weight is 402 g/mol. The minimum absolute atomic E-state index is 0. The van der Waals surface area contributed by atoms with E-state index in [-0.39, 0.29) is 24.8 Å². The molecule has 1 aromatic rings. The van der Waals surface area contributed by atoms with E-state index in [1.54, 1.807) is 0 Å². The van der Waals surface area contributed by atoms with E-state index in [0.29, 0.717) is 0 Å². The van der Waals surface area contributed by atoms with E-state index < -0.39 is 6.35 Å². The van der Waals surface area contributed by atoms with Crippen molar-refractivity contribution in [2.75, 3.05) is 0 Å². The summed E-state index contributed by atoms with van der Waals surface area (Å²) >= 11 is 0. The van der Waals surface area contributed by atoms with E-state index in [0.717, 1.165) is 6.42 Å². The molecule has 0 spiro atoms. The Morgan fingerprint density at radius 3 is 1.77 bits per heavy atom. The van der Waals surface area contributed by atoms with Crippen LogP contribution in [0, 0.1) is 0 Å². The van der Waals surface area contributed by atoms with E-state index in [4.69, 9.17) is 0 Å². The van der Waals surface area contributed by atoms with Crippen LogP contribution in [0.15, 0.2) is 40.4 Å². The molecule has 1 heterocycles. The van der Waals surface area contributed by atoms with Gasteiger partial charge in [0.25, 0.3) is 0 Å². The second-order valence-electron chi connectivity index (χ2n) is 23.7. The van der Waals surface area contributed by atoms with Gasteiger partial charge in [-0.2, -0.15) is 0 Å². The molecule has 0 amide bonds. The van der Waals surface area contributed by atoms with E-state index in [9.17, 15) is 0 Å². The van der Waals surface area contributed by atoms with Crippen LogP contribution in [-0.2, 0) is 6.35 Å². The molecule has 5 heteroatoms. The van der Waals surface area contributed by atoms with Crippen molar-refractivity contribution >= 4 is 36.4 Å². The van der Waals surface area contributed by atoms with Gasteiger partial charge in [-0.3, -0.25) is 0 Å². The number of hydrogen-bond acceptors (Lipinski definition) is 0. The Morgan fingerprint density at radius 1 is 0.955 bits per heavy atom. The number of nitrogens with one attached hydrogen (secondary N) is 1. The van der Waals surface area contributed by atoms with Crippen molar-refractivity contribution in [3.63, 3.8) is 0 Å². The third kappa shape index (κ3) is 2.56. The third-order valence-corrected chi connectivity index (χ3v) is 28.3. The zero-order valence-electron chi connectivity index (χ0n) is 15.7. The van der Waals surface area contributed by atoms with Crippen LogP contribution in [0.2, 0.25) is 41.8 Å². The summed E-state index contributed by atoms with van der Waals surface area (Å²) in [6.45, 7) is 0. The monoisotopic (exact) mass is 401 g/mol.